The van der Waals surface area contributed by atoms with Gasteiger partial charge in [0, 0.05) is 12.2 Å². The van der Waals surface area contributed by atoms with E-state index in [-0.39, 0.29) is 11.8 Å². The molecule has 0 unspecified atom stereocenters. The van der Waals surface area contributed by atoms with E-state index in [1.807, 2.05) is 0 Å². The smallest absolute Gasteiger partial charge is 0.239 e. The quantitative estimate of drug-likeness (QED) is 0.573. The van der Waals surface area contributed by atoms with Crippen molar-refractivity contribution in [2.75, 3.05) is 11.9 Å². The van der Waals surface area contributed by atoms with Crippen molar-refractivity contribution >= 4 is 40.7 Å². The van der Waals surface area contributed by atoms with Gasteiger partial charge >= 0.3 is 0 Å². The molecule has 4 nitrogen and oxygen atoms in total. The maximum Gasteiger partial charge on any atom is 0.239 e. The molecule has 0 fully saturated rings. The minimum atomic E-state index is -1.17. The van der Waals surface area contributed by atoms with Gasteiger partial charge in [0.2, 0.25) is 11.8 Å². The van der Waals surface area contributed by atoms with E-state index in [0.29, 0.717) is 22.3 Å². The van der Waals surface area contributed by atoms with Crippen molar-refractivity contribution in [3.8, 4) is 0 Å². The fourth-order valence-corrected chi connectivity index (χ4v) is 2.06. The van der Waals surface area contributed by atoms with Crippen LogP contribution < -0.4 is 10.6 Å². The maximum absolute atomic E-state index is 12.3. The molecule has 2 amide bonds. The Morgan fingerprint density at radius 1 is 1.09 bits per heavy atom. The molecule has 22 heavy (non-hydrogen) atoms. The van der Waals surface area contributed by atoms with E-state index >= 15 is 0 Å². The van der Waals surface area contributed by atoms with Gasteiger partial charge in [0.05, 0.1) is 10.0 Å². The molecule has 2 N–H and O–H groups in total. The van der Waals surface area contributed by atoms with Gasteiger partial charge in [0.15, 0.2) is 0 Å². The zero-order valence-corrected chi connectivity index (χ0v) is 14.6. The Bertz CT molecular complexity index is 545. The Hall–Kier alpha value is -1.26. The topological polar surface area (TPSA) is 58.2 Å². The van der Waals surface area contributed by atoms with Crippen molar-refractivity contribution in [2.45, 2.75) is 40.0 Å². The Labute approximate surface area is 141 Å². The van der Waals surface area contributed by atoms with Crippen LogP contribution in [-0.2, 0) is 9.59 Å². The van der Waals surface area contributed by atoms with Crippen molar-refractivity contribution in [1.82, 2.24) is 5.32 Å². The van der Waals surface area contributed by atoms with E-state index in [2.05, 4.69) is 17.6 Å². The molecule has 0 radical (unpaired) electrons. The molecule has 1 aromatic carbocycles. The number of halogens is 2. The molecule has 1 aromatic rings. The molecule has 0 spiro atoms. The van der Waals surface area contributed by atoms with Crippen molar-refractivity contribution in [2.24, 2.45) is 5.41 Å². The van der Waals surface area contributed by atoms with Crippen LogP contribution >= 0.6 is 23.2 Å². The molecule has 0 atom stereocenters. The maximum atomic E-state index is 12.3. The molecule has 0 bridgehead atoms. The number of hydrogen-bond acceptors (Lipinski definition) is 2. The molecule has 0 aromatic heterocycles. The van der Waals surface area contributed by atoms with Crippen molar-refractivity contribution in [3.05, 3.63) is 28.2 Å². The summed E-state index contributed by atoms with van der Waals surface area (Å²) in [5.74, 6) is -0.681. The van der Waals surface area contributed by atoms with E-state index in [9.17, 15) is 9.59 Å². The van der Waals surface area contributed by atoms with Gasteiger partial charge in [-0.25, -0.2) is 0 Å². The molecule has 0 aliphatic heterocycles. The van der Waals surface area contributed by atoms with Crippen LogP contribution in [0.15, 0.2) is 18.2 Å². The van der Waals surface area contributed by atoms with Crippen LogP contribution in [0.2, 0.25) is 10.0 Å². The summed E-state index contributed by atoms with van der Waals surface area (Å²) in [6.07, 6.45) is 3.04. The number of amides is 2. The van der Waals surface area contributed by atoms with Crippen molar-refractivity contribution < 1.29 is 9.59 Å². The average molecular weight is 345 g/mol. The Balaban J connectivity index is 2.64. The highest BCUT2D eigenvalue weighted by Crippen LogP contribution is 2.26. The third-order valence-electron chi connectivity index (χ3n) is 3.38. The lowest BCUT2D eigenvalue weighted by atomic mass is 9.91. The van der Waals surface area contributed by atoms with E-state index in [4.69, 9.17) is 23.2 Å². The second kappa shape index (κ2) is 8.39. The number of hydrogen-bond donors (Lipinski definition) is 2. The fourth-order valence-electron chi connectivity index (χ4n) is 1.76. The second-order valence-electron chi connectivity index (χ2n) is 5.67. The predicted molar refractivity (Wildman–Crippen MR) is 91.4 cm³/mol. The molecule has 6 heteroatoms. The molecule has 0 heterocycles. The van der Waals surface area contributed by atoms with Gasteiger partial charge in [0.25, 0.3) is 0 Å². The van der Waals surface area contributed by atoms with Crippen LogP contribution in [0.3, 0.4) is 0 Å². The van der Waals surface area contributed by atoms with Gasteiger partial charge in [-0.2, -0.15) is 0 Å². The van der Waals surface area contributed by atoms with Gasteiger partial charge < -0.3 is 10.6 Å². The first-order valence-electron chi connectivity index (χ1n) is 7.33. The van der Waals surface area contributed by atoms with E-state index in [1.165, 1.54) is 0 Å². The number of carbonyl (C=O) groups is 2. The van der Waals surface area contributed by atoms with Crippen LogP contribution in [0.1, 0.15) is 40.0 Å². The Morgan fingerprint density at radius 2 is 1.77 bits per heavy atom. The van der Waals surface area contributed by atoms with Crippen LogP contribution in [0.5, 0.6) is 0 Å². The molecule has 0 aliphatic carbocycles. The first kappa shape index (κ1) is 18.8. The molecule has 0 aliphatic rings. The number of benzene rings is 1. The number of rotatable bonds is 7. The number of anilines is 1. The summed E-state index contributed by atoms with van der Waals surface area (Å²) in [5, 5.41) is 6.25. The van der Waals surface area contributed by atoms with Gasteiger partial charge in [-0.1, -0.05) is 43.0 Å². The minimum Gasteiger partial charge on any atom is -0.355 e. The van der Waals surface area contributed by atoms with Crippen LogP contribution in [0, 0.1) is 5.41 Å². The lowest BCUT2D eigenvalue weighted by molar-refractivity contribution is -0.138. The lowest BCUT2D eigenvalue weighted by Gasteiger charge is -2.22. The van der Waals surface area contributed by atoms with Crippen molar-refractivity contribution in [1.29, 1.82) is 0 Å². The Kier molecular flexibility index (Phi) is 7.17. The summed E-state index contributed by atoms with van der Waals surface area (Å²) >= 11 is 11.7. The van der Waals surface area contributed by atoms with Gasteiger partial charge in [-0.3, -0.25) is 9.59 Å². The highest BCUT2D eigenvalue weighted by Gasteiger charge is 2.35. The summed E-state index contributed by atoms with van der Waals surface area (Å²) in [6, 6.07) is 4.79. The van der Waals surface area contributed by atoms with Crippen LogP contribution in [-0.4, -0.2) is 18.4 Å². The van der Waals surface area contributed by atoms with Crippen LogP contribution in [0.4, 0.5) is 5.69 Å². The zero-order chi connectivity index (χ0) is 16.8. The molecular formula is C16H22Cl2N2O2. The molecular weight excluding hydrogens is 323 g/mol. The summed E-state index contributed by atoms with van der Waals surface area (Å²) in [7, 11) is 0. The molecule has 0 saturated carbocycles. The number of unbranched alkanes of at least 4 members (excludes halogenated alkanes) is 2. The average Bonchev–Trinajstić information content (AvgIpc) is 2.47. The summed E-state index contributed by atoms with van der Waals surface area (Å²) < 4.78 is 0. The molecule has 122 valence electrons. The standard InChI is InChI=1S/C16H22Cl2N2O2/c1-4-5-6-9-19-14(21)16(2,3)15(22)20-11-7-8-12(17)13(18)10-11/h7-8,10H,4-6,9H2,1-3H3,(H,19,21)(H,20,22). The third kappa shape index (κ3) is 5.18. The summed E-state index contributed by atoms with van der Waals surface area (Å²) in [6.45, 7) is 5.86. The summed E-state index contributed by atoms with van der Waals surface area (Å²) in [4.78, 5) is 24.5. The zero-order valence-electron chi connectivity index (χ0n) is 13.1. The van der Waals surface area contributed by atoms with Crippen molar-refractivity contribution in [3.63, 3.8) is 0 Å². The largest absolute Gasteiger partial charge is 0.355 e. The minimum absolute atomic E-state index is 0.291. The normalized spacial score (nSPS) is 11.1. The highest BCUT2D eigenvalue weighted by atomic mass is 35.5. The van der Waals surface area contributed by atoms with Gasteiger partial charge in [-0.05, 0) is 38.5 Å². The number of carbonyl (C=O) groups excluding carboxylic acids is 2. The molecule has 1 rings (SSSR count). The third-order valence-corrected chi connectivity index (χ3v) is 4.12. The first-order valence-corrected chi connectivity index (χ1v) is 8.09. The highest BCUT2D eigenvalue weighted by molar-refractivity contribution is 6.42. The van der Waals surface area contributed by atoms with E-state index < -0.39 is 5.41 Å². The Morgan fingerprint density at radius 3 is 2.36 bits per heavy atom. The fraction of sp³-hybridized carbons (Fsp3) is 0.500. The van der Waals surface area contributed by atoms with Crippen LogP contribution in [0.25, 0.3) is 0 Å². The predicted octanol–water partition coefficient (Wildman–Crippen LogP) is 4.26. The van der Waals surface area contributed by atoms with E-state index in [0.717, 1.165) is 19.3 Å². The second-order valence-corrected chi connectivity index (χ2v) is 6.49. The lowest BCUT2D eigenvalue weighted by Crippen LogP contribution is -2.45. The molecule has 0 saturated heterocycles. The van der Waals surface area contributed by atoms with Gasteiger partial charge in [0.1, 0.15) is 5.41 Å². The number of nitrogens with one attached hydrogen (secondary N) is 2. The van der Waals surface area contributed by atoms with Gasteiger partial charge in [-0.15, -0.1) is 0 Å². The SMILES string of the molecule is CCCCCNC(=O)C(C)(C)C(=O)Nc1ccc(Cl)c(Cl)c1. The summed E-state index contributed by atoms with van der Waals surface area (Å²) in [5.41, 5.74) is -0.663. The monoisotopic (exact) mass is 344 g/mol. The first-order chi connectivity index (χ1) is 10.3. The van der Waals surface area contributed by atoms with E-state index in [1.54, 1.807) is 32.0 Å².